The Bertz CT molecular complexity index is 552. The molecule has 6 nitrogen and oxygen atoms in total. The second-order valence-electron chi connectivity index (χ2n) is 4.77. The third kappa shape index (κ3) is 3.32. The number of aromatic nitrogens is 2. The van der Waals surface area contributed by atoms with E-state index in [1.165, 1.54) is 6.26 Å². The molecule has 1 aliphatic carbocycles. The predicted molar refractivity (Wildman–Crippen MR) is 71.4 cm³/mol. The molecule has 0 radical (unpaired) electrons. The Hall–Kier alpha value is -1.37. The highest BCUT2D eigenvalue weighted by molar-refractivity contribution is 7.90. The molecule has 0 aliphatic heterocycles. The molecule has 1 fully saturated rings. The molecule has 0 atom stereocenters. The van der Waals surface area contributed by atoms with Gasteiger partial charge in [0.1, 0.15) is 27.3 Å². The van der Waals surface area contributed by atoms with Crippen molar-refractivity contribution in [3.8, 4) is 0 Å². The van der Waals surface area contributed by atoms with Crippen molar-refractivity contribution in [2.24, 2.45) is 0 Å². The number of hydrogen-bond donors (Lipinski definition) is 2. The molecule has 0 saturated heterocycles. The Morgan fingerprint density at radius 2 is 2.06 bits per heavy atom. The fourth-order valence-corrected chi connectivity index (χ4v) is 2.08. The quantitative estimate of drug-likeness (QED) is 0.817. The Morgan fingerprint density at radius 1 is 1.39 bits per heavy atom. The minimum absolute atomic E-state index is 0.0785. The largest absolute Gasteiger partial charge is 0.383 e. The van der Waals surface area contributed by atoms with E-state index in [0.29, 0.717) is 24.1 Å². The molecule has 1 aliphatic rings. The zero-order valence-electron chi connectivity index (χ0n) is 10.6. The zero-order chi connectivity index (χ0) is 13.3. The maximum atomic E-state index is 11.1. The van der Waals surface area contributed by atoms with Crippen LogP contribution in [-0.2, 0) is 9.84 Å². The first kappa shape index (κ1) is 13.1. The third-order valence-electron chi connectivity index (χ3n) is 2.91. The second kappa shape index (κ2) is 4.72. The highest BCUT2D eigenvalue weighted by Gasteiger charge is 2.27. The molecule has 0 aromatic carbocycles. The molecule has 1 heterocycles. The van der Waals surface area contributed by atoms with E-state index in [9.17, 15) is 8.42 Å². The summed E-state index contributed by atoms with van der Waals surface area (Å²) in [4.78, 5) is 8.68. The van der Waals surface area contributed by atoms with Crippen molar-refractivity contribution in [2.45, 2.75) is 25.7 Å². The maximum Gasteiger partial charge on any atom is 0.149 e. The Balaban J connectivity index is 2.11. The van der Waals surface area contributed by atoms with Gasteiger partial charge < -0.3 is 11.1 Å². The van der Waals surface area contributed by atoms with Gasteiger partial charge in [-0.3, -0.25) is 0 Å². The molecule has 0 unspecified atom stereocenters. The maximum absolute atomic E-state index is 11.1. The van der Waals surface area contributed by atoms with Gasteiger partial charge in [0.05, 0.1) is 5.75 Å². The summed E-state index contributed by atoms with van der Waals surface area (Å²) >= 11 is 0. The first-order valence-electron chi connectivity index (χ1n) is 5.92. The first-order valence-corrected chi connectivity index (χ1v) is 7.98. The van der Waals surface area contributed by atoms with Crippen LogP contribution in [0.15, 0.2) is 0 Å². The van der Waals surface area contributed by atoms with Gasteiger partial charge in [0.15, 0.2) is 0 Å². The number of sulfone groups is 1. The van der Waals surface area contributed by atoms with E-state index < -0.39 is 9.84 Å². The lowest BCUT2D eigenvalue weighted by Crippen LogP contribution is -2.16. The van der Waals surface area contributed by atoms with Gasteiger partial charge >= 0.3 is 0 Å². The molecule has 7 heteroatoms. The molecule has 3 N–H and O–H groups in total. The summed E-state index contributed by atoms with van der Waals surface area (Å²) in [5, 5.41) is 3.02. The summed E-state index contributed by atoms with van der Waals surface area (Å²) in [6.45, 7) is 2.16. The molecule has 0 spiro atoms. The number of nitrogens with one attached hydrogen (secondary N) is 1. The molecular formula is C11H18N4O2S. The van der Waals surface area contributed by atoms with Gasteiger partial charge in [0.25, 0.3) is 0 Å². The van der Waals surface area contributed by atoms with Crippen molar-refractivity contribution in [3.63, 3.8) is 0 Å². The monoisotopic (exact) mass is 270 g/mol. The summed E-state index contributed by atoms with van der Waals surface area (Å²) in [5.41, 5.74) is 6.61. The van der Waals surface area contributed by atoms with Crippen LogP contribution >= 0.6 is 0 Å². The molecule has 0 amide bonds. The van der Waals surface area contributed by atoms with E-state index in [1.807, 2.05) is 6.92 Å². The lowest BCUT2D eigenvalue weighted by atomic mass is 10.3. The average Bonchev–Trinajstić information content (AvgIpc) is 3.05. The van der Waals surface area contributed by atoms with E-state index in [4.69, 9.17) is 5.73 Å². The molecule has 1 aromatic heterocycles. The van der Waals surface area contributed by atoms with E-state index in [0.717, 1.165) is 24.2 Å². The van der Waals surface area contributed by atoms with Crippen molar-refractivity contribution in [1.82, 2.24) is 9.97 Å². The highest BCUT2D eigenvalue weighted by atomic mass is 32.2. The lowest BCUT2D eigenvalue weighted by molar-refractivity contribution is 0.602. The minimum Gasteiger partial charge on any atom is -0.383 e. The van der Waals surface area contributed by atoms with Crippen LogP contribution < -0.4 is 11.1 Å². The van der Waals surface area contributed by atoms with Gasteiger partial charge in [-0.1, -0.05) is 0 Å². The number of hydrogen-bond acceptors (Lipinski definition) is 6. The van der Waals surface area contributed by atoms with E-state index in [1.54, 1.807) is 0 Å². The number of nitrogens with two attached hydrogens (primary N) is 1. The van der Waals surface area contributed by atoms with Crippen molar-refractivity contribution in [1.29, 1.82) is 0 Å². The van der Waals surface area contributed by atoms with Gasteiger partial charge in [-0.25, -0.2) is 18.4 Å². The minimum atomic E-state index is -2.97. The average molecular weight is 270 g/mol. The van der Waals surface area contributed by atoms with Crippen molar-refractivity contribution in [2.75, 3.05) is 29.6 Å². The van der Waals surface area contributed by atoms with Crippen molar-refractivity contribution in [3.05, 3.63) is 11.4 Å². The summed E-state index contributed by atoms with van der Waals surface area (Å²) < 4.78 is 22.1. The standard InChI is InChI=1S/C11H18N4O2S/c1-7-9(12)14-11(8-3-4-8)15-10(7)13-5-6-18(2,16)17/h8H,3-6H2,1-2H3,(H3,12,13,14,15). The van der Waals surface area contributed by atoms with Crippen LogP contribution in [0.3, 0.4) is 0 Å². The molecule has 0 bridgehead atoms. The van der Waals surface area contributed by atoms with Crippen molar-refractivity contribution < 1.29 is 8.42 Å². The molecule has 1 aromatic rings. The molecular weight excluding hydrogens is 252 g/mol. The fraction of sp³-hybridized carbons (Fsp3) is 0.636. The van der Waals surface area contributed by atoms with Gasteiger partial charge in [0, 0.05) is 24.3 Å². The Morgan fingerprint density at radius 3 is 2.61 bits per heavy atom. The van der Waals surface area contributed by atoms with E-state index in [-0.39, 0.29) is 5.75 Å². The smallest absolute Gasteiger partial charge is 0.149 e. The summed E-state index contributed by atoms with van der Waals surface area (Å²) in [5.74, 6) is 2.37. The number of rotatable bonds is 5. The SMILES string of the molecule is Cc1c(N)nc(C2CC2)nc1NCCS(C)(=O)=O. The lowest BCUT2D eigenvalue weighted by Gasteiger charge is -2.11. The van der Waals surface area contributed by atoms with Crippen LogP contribution in [0.1, 0.15) is 30.1 Å². The molecule has 2 rings (SSSR count). The van der Waals surface area contributed by atoms with Crippen molar-refractivity contribution >= 4 is 21.5 Å². The van der Waals surface area contributed by atoms with Crippen LogP contribution in [0.2, 0.25) is 0 Å². The van der Waals surface area contributed by atoms with Crippen LogP contribution in [0.4, 0.5) is 11.6 Å². The van der Waals surface area contributed by atoms with Gasteiger partial charge in [-0.15, -0.1) is 0 Å². The molecule has 100 valence electrons. The summed E-state index contributed by atoms with van der Waals surface area (Å²) in [6.07, 6.45) is 3.42. The van der Waals surface area contributed by atoms with Crippen LogP contribution in [0, 0.1) is 6.92 Å². The molecule has 18 heavy (non-hydrogen) atoms. The molecule has 1 saturated carbocycles. The predicted octanol–water partition coefficient (Wildman–Crippen LogP) is 0.701. The van der Waals surface area contributed by atoms with Crippen LogP contribution in [-0.4, -0.2) is 36.9 Å². The fourth-order valence-electron chi connectivity index (χ4n) is 1.60. The van der Waals surface area contributed by atoms with Gasteiger partial charge in [-0.05, 0) is 19.8 Å². The number of anilines is 2. The zero-order valence-corrected chi connectivity index (χ0v) is 11.4. The van der Waals surface area contributed by atoms with Crippen LogP contribution in [0.25, 0.3) is 0 Å². The first-order chi connectivity index (χ1) is 8.37. The topological polar surface area (TPSA) is 98.0 Å². The van der Waals surface area contributed by atoms with E-state index in [2.05, 4.69) is 15.3 Å². The third-order valence-corrected chi connectivity index (χ3v) is 3.85. The number of nitrogens with zero attached hydrogens (tertiary/aromatic N) is 2. The highest BCUT2D eigenvalue weighted by Crippen LogP contribution is 2.39. The van der Waals surface area contributed by atoms with Gasteiger partial charge in [0.2, 0.25) is 0 Å². The second-order valence-corrected chi connectivity index (χ2v) is 7.03. The Labute approximate surface area is 107 Å². The van der Waals surface area contributed by atoms with E-state index >= 15 is 0 Å². The normalized spacial score (nSPS) is 15.7. The van der Waals surface area contributed by atoms with Gasteiger partial charge in [-0.2, -0.15) is 0 Å². The summed E-state index contributed by atoms with van der Waals surface area (Å²) in [6, 6.07) is 0. The van der Waals surface area contributed by atoms with Crippen LogP contribution in [0.5, 0.6) is 0 Å². The Kier molecular flexibility index (Phi) is 3.43. The summed E-state index contributed by atoms with van der Waals surface area (Å²) in [7, 11) is -2.97. The number of nitrogen functional groups attached to an aromatic ring is 1.